The minimum absolute atomic E-state index is 0.672. The highest BCUT2D eigenvalue weighted by molar-refractivity contribution is 4.86. The molecule has 0 aromatic heterocycles. The molecule has 3 heteroatoms. The summed E-state index contributed by atoms with van der Waals surface area (Å²) >= 11 is 0. The Hall–Kier alpha value is -0.120. The molecule has 2 unspecified atom stereocenters. The van der Waals surface area contributed by atoms with E-state index in [1.54, 1.807) is 0 Å². The largest absolute Gasteiger partial charge is 0.381 e. The van der Waals surface area contributed by atoms with Crippen LogP contribution in [0.25, 0.3) is 0 Å². The number of hydrogen-bond acceptors (Lipinski definition) is 3. The first-order chi connectivity index (χ1) is 8.16. The molecule has 0 radical (unpaired) electrons. The van der Waals surface area contributed by atoms with E-state index in [4.69, 9.17) is 4.74 Å². The molecule has 0 amide bonds. The number of nitrogens with one attached hydrogen (secondary N) is 1. The second-order valence-electron chi connectivity index (χ2n) is 6.12. The zero-order valence-electron chi connectivity index (χ0n) is 11.6. The Morgan fingerprint density at radius 2 is 2.00 bits per heavy atom. The van der Waals surface area contributed by atoms with Crippen molar-refractivity contribution in [2.24, 2.45) is 11.8 Å². The lowest BCUT2D eigenvalue weighted by atomic mass is 9.95. The van der Waals surface area contributed by atoms with Gasteiger partial charge < -0.3 is 10.1 Å². The third kappa shape index (κ3) is 3.67. The normalized spacial score (nSPS) is 33.2. The van der Waals surface area contributed by atoms with Crippen LogP contribution in [-0.4, -0.2) is 49.8 Å². The zero-order valence-corrected chi connectivity index (χ0v) is 11.6. The molecular weight excluding hydrogens is 212 g/mol. The average Bonchev–Trinajstić information content (AvgIpc) is 2.33. The van der Waals surface area contributed by atoms with Gasteiger partial charge >= 0.3 is 0 Å². The second kappa shape index (κ2) is 6.17. The molecule has 2 aliphatic heterocycles. The van der Waals surface area contributed by atoms with Gasteiger partial charge in [0.1, 0.15) is 0 Å². The van der Waals surface area contributed by atoms with Gasteiger partial charge in [-0.25, -0.2) is 0 Å². The first-order valence-corrected chi connectivity index (χ1v) is 7.22. The van der Waals surface area contributed by atoms with Crippen LogP contribution in [0, 0.1) is 11.8 Å². The predicted molar refractivity (Wildman–Crippen MR) is 71.2 cm³/mol. The van der Waals surface area contributed by atoms with E-state index in [9.17, 15) is 0 Å². The van der Waals surface area contributed by atoms with Crippen LogP contribution in [0.1, 0.15) is 33.6 Å². The van der Waals surface area contributed by atoms with E-state index in [1.807, 2.05) is 0 Å². The van der Waals surface area contributed by atoms with Gasteiger partial charge in [0.2, 0.25) is 0 Å². The first-order valence-electron chi connectivity index (χ1n) is 7.22. The number of piperazine rings is 1. The van der Waals surface area contributed by atoms with Crippen LogP contribution in [0.5, 0.6) is 0 Å². The van der Waals surface area contributed by atoms with E-state index >= 15 is 0 Å². The summed E-state index contributed by atoms with van der Waals surface area (Å²) in [7, 11) is 0. The number of nitrogens with zero attached hydrogens (tertiary/aromatic N) is 1. The SMILES string of the molecule is CC(C)C1CN(CC2CCOCC2)C(C)CN1. The third-order valence-corrected chi connectivity index (χ3v) is 4.37. The highest BCUT2D eigenvalue weighted by Gasteiger charge is 2.28. The maximum absolute atomic E-state index is 5.44. The fourth-order valence-electron chi connectivity index (χ4n) is 2.91. The Morgan fingerprint density at radius 3 is 2.65 bits per heavy atom. The molecule has 0 aromatic carbocycles. The fraction of sp³-hybridized carbons (Fsp3) is 1.00. The Bertz CT molecular complexity index is 226. The minimum Gasteiger partial charge on any atom is -0.381 e. The Morgan fingerprint density at radius 1 is 1.29 bits per heavy atom. The monoisotopic (exact) mass is 240 g/mol. The van der Waals surface area contributed by atoms with Crippen LogP contribution in [0.3, 0.4) is 0 Å². The molecule has 0 bridgehead atoms. The Balaban J connectivity index is 1.84. The summed E-state index contributed by atoms with van der Waals surface area (Å²) in [5.74, 6) is 1.59. The van der Waals surface area contributed by atoms with E-state index in [1.165, 1.54) is 25.9 Å². The van der Waals surface area contributed by atoms with Gasteiger partial charge in [0.15, 0.2) is 0 Å². The molecule has 2 fully saturated rings. The molecule has 2 rings (SSSR count). The summed E-state index contributed by atoms with van der Waals surface area (Å²) in [6, 6.07) is 1.36. The van der Waals surface area contributed by atoms with Crippen molar-refractivity contribution in [1.29, 1.82) is 0 Å². The molecule has 0 aliphatic carbocycles. The summed E-state index contributed by atoms with van der Waals surface area (Å²) in [6.45, 7) is 12.6. The summed E-state index contributed by atoms with van der Waals surface area (Å²) in [5, 5.41) is 3.67. The molecule has 2 saturated heterocycles. The Labute approximate surface area is 106 Å². The standard InChI is InChI=1S/C14H28N2O/c1-11(2)14-10-16(12(3)8-15-14)9-13-4-6-17-7-5-13/h11-15H,4-10H2,1-3H3. The third-order valence-electron chi connectivity index (χ3n) is 4.37. The molecule has 0 aromatic rings. The summed E-state index contributed by atoms with van der Waals surface area (Å²) in [4.78, 5) is 2.69. The maximum Gasteiger partial charge on any atom is 0.0469 e. The van der Waals surface area contributed by atoms with Crippen molar-refractivity contribution in [2.45, 2.75) is 45.7 Å². The van der Waals surface area contributed by atoms with Gasteiger partial charge in [-0.3, -0.25) is 4.90 Å². The van der Waals surface area contributed by atoms with E-state index in [2.05, 4.69) is 31.0 Å². The van der Waals surface area contributed by atoms with Crippen molar-refractivity contribution >= 4 is 0 Å². The summed E-state index contributed by atoms with van der Waals surface area (Å²) in [6.07, 6.45) is 2.51. The van der Waals surface area contributed by atoms with E-state index in [-0.39, 0.29) is 0 Å². The maximum atomic E-state index is 5.44. The van der Waals surface area contributed by atoms with Crippen LogP contribution in [-0.2, 0) is 4.74 Å². The van der Waals surface area contributed by atoms with E-state index < -0.39 is 0 Å². The molecule has 100 valence electrons. The van der Waals surface area contributed by atoms with Crippen LogP contribution in [0.2, 0.25) is 0 Å². The van der Waals surface area contributed by atoms with E-state index in [0.29, 0.717) is 12.1 Å². The van der Waals surface area contributed by atoms with Crippen molar-refractivity contribution in [3.63, 3.8) is 0 Å². The average molecular weight is 240 g/mol. The Kier molecular flexibility index (Phi) is 4.83. The molecule has 1 N–H and O–H groups in total. The fourth-order valence-corrected chi connectivity index (χ4v) is 2.91. The van der Waals surface area contributed by atoms with Gasteiger partial charge in [-0.1, -0.05) is 13.8 Å². The van der Waals surface area contributed by atoms with Gasteiger partial charge in [-0.15, -0.1) is 0 Å². The van der Waals surface area contributed by atoms with Crippen LogP contribution in [0.15, 0.2) is 0 Å². The quantitative estimate of drug-likeness (QED) is 0.813. The van der Waals surface area contributed by atoms with Crippen LogP contribution in [0.4, 0.5) is 0 Å². The van der Waals surface area contributed by atoms with E-state index in [0.717, 1.165) is 31.6 Å². The predicted octanol–water partition coefficient (Wildman–Crippen LogP) is 1.73. The van der Waals surface area contributed by atoms with Gasteiger partial charge in [0.25, 0.3) is 0 Å². The van der Waals surface area contributed by atoms with Crippen molar-refractivity contribution in [2.75, 3.05) is 32.8 Å². The molecule has 2 aliphatic rings. The molecule has 0 spiro atoms. The molecule has 2 heterocycles. The molecular formula is C14H28N2O. The van der Waals surface area contributed by atoms with Crippen LogP contribution < -0.4 is 5.32 Å². The van der Waals surface area contributed by atoms with Crippen molar-refractivity contribution in [3.05, 3.63) is 0 Å². The first kappa shape index (κ1) is 13.3. The van der Waals surface area contributed by atoms with Gasteiger partial charge in [0.05, 0.1) is 0 Å². The van der Waals surface area contributed by atoms with Gasteiger partial charge in [-0.2, -0.15) is 0 Å². The van der Waals surface area contributed by atoms with Crippen molar-refractivity contribution in [1.82, 2.24) is 10.2 Å². The van der Waals surface area contributed by atoms with Crippen LogP contribution >= 0.6 is 0 Å². The van der Waals surface area contributed by atoms with Crippen molar-refractivity contribution < 1.29 is 4.74 Å². The zero-order chi connectivity index (χ0) is 12.3. The lowest BCUT2D eigenvalue weighted by Crippen LogP contribution is -2.58. The lowest BCUT2D eigenvalue weighted by Gasteiger charge is -2.42. The number of rotatable bonds is 3. The molecule has 2 atom stereocenters. The topological polar surface area (TPSA) is 24.5 Å². The molecule has 0 saturated carbocycles. The lowest BCUT2D eigenvalue weighted by molar-refractivity contribution is 0.0352. The van der Waals surface area contributed by atoms with Crippen molar-refractivity contribution in [3.8, 4) is 0 Å². The molecule has 17 heavy (non-hydrogen) atoms. The highest BCUT2D eigenvalue weighted by atomic mass is 16.5. The summed E-state index contributed by atoms with van der Waals surface area (Å²) < 4.78 is 5.44. The number of ether oxygens (including phenoxy) is 1. The minimum atomic E-state index is 0.672. The smallest absolute Gasteiger partial charge is 0.0469 e. The van der Waals surface area contributed by atoms with Gasteiger partial charge in [-0.05, 0) is 31.6 Å². The number of hydrogen-bond donors (Lipinski definition) is 1. The molecule has 3 nitrogen and oxygen atoms in total. The van der Waals surface area contributed by atoms with Gasteiger partial charge in [0, 0.05) is 44.9 Å². The highest BCUT2D eigenvalue weighted by Crippen LogP contribution is 2.20. The summed E-state index contributed by atoms with van der Waals surface area (Å²) in [5.41, 5.74) is 0. The second-order valence-corrected chi connectivity index (χ2v) is 6.12.